The third-order valence-electron chi connectivity index (χ3n) is 23.8. The highest BCUT2D eigenvalue weighted by molar-refractivity contribution is 5.82. The van der Waals surface area contributed by atoms with Crippen LogP contribution in [0.1, 0.15) is 103 Å². The Bertz CT molecular complexity index is 3020. The molecular weight excluding hydrogens is 1490 g/mol. The quantitative estimate of drug-likeness (QED) is 0.0175. The molecule has 6 saturated heterocycles. The maximum absolute atomic E-state index is 13.6. The van der Waals surface area contributed by atoms with E-state index in [4.69, 9.17) is 66.3 Å². The Balaban J connectivity index is 0.755. The summed E-state index contributed by atoms with van der Waals surface area (Å²) in [6.45, 7) is -3.66. The van der Waals surface area contributed by atoms with Crippen LogP contribution in [-0.4, -0.2) is 395 Å². The fourth-order valence-corrected chi connectivity index (χ4v) is 17.0. The number of ether oxygens (including phenoxy) is 14. The van der Waals surface area contributed by atoms with Gasteiger partial charge < -0.3 is 179 Å². The van der Waals surface area contributed by atoms with Crippen molar-refractivity contribution < 1.29 is 193 Å². The zero-order valence-corrected chi connectivity index (χ0v) is 60.9. The molecule has 5 saturated carbocycles. The Labute approximate surface area is 637 Å². The van der Waals surface area contributed by atoms with Gasteiger partial charge in [0.2, 0.25) is 0 Å². The molecule has 0 aromatic carbocycles. The van der Waals surface area contributed by atoms with E-state index < -0.39 is 295 Å². The summed E-state index contributed by atoms with van der Waals surface area (Å²) >= 11 is 0. The fraction of sp³-hybridized carbons (Fsp3) is 0.875. The van der Waals surface area contributed by atoms with E-state index in [1.54, 1.807) is 0 Å². The van der Waals surface area contributed by atoms with Crippen molar-refractivity contribution in [1.82, 2.24) is 0 Å². The van der Waals surface area contributed by atoms with Gasteiger partial charge in [-0.3, -0.25) is 0 Å². The Hall–Kier alpha value is -3.69. The highest BCUT2D eigenvalue weighted by atomic mass is 16.8. The Morgan fingerprint density at radius 2 is 0.721 bits per heavy atom. The van der Waals surface area contributed by atoms with E-state index in [9.17, 15) is 127 Å². The third kappa shape index (κ3) is 21.6. The van der Waals surface area contributed by atoms with Crippen molar-refractivity contribution in [2.45, 2.75) is 330 Å². The van der Waals surface area contributed by atoms with Crippen molar-refractivity contribution in [3.05, 3.63) is 36.5 Å². The van der Waals surface area contributed by atoms with Gasteiger partial charge in [-0.1, -0.05) is 18.2 Å². The number of fused-ring (bicyclic) bond motifs is 1. The molecule has 111 heavy (non-hydrogen) atoms. The van der Waals surface area contributed by atoms with Gasteiger partial charge in [0.05, 0.1) is 74.1 Å². The molecule has 11 aliphatic rings. The number of esters is 3. The van der Waals surface area contributed by atoms with E-state index in [0.717, 1.165) is 18.2 Å². The van der Waals surface area contributed by atoms with Crippen LogP contribution in [0, 0.1) is 29.6 Å². The van der Waals surface area contributed by atoms with Gasteiger partial charge in [0.1, 0.15) is 148 Å². The number of hydrogen-bond acceptors (Lipinski definition) is 38. The van der Waals surface area contributed by atoms with Gasteiger partial charge in [0, 0.05) is 37.0 Å². The van der Waals surface area contributed by atoms with Gasteiger partial charge in [-0.15, -0.1) is 0 Å². The number of hydrogen-bond donors (Lipinski definition) is 22. The number of aliphatic hydroxyl groups is 24. The van der Waals surface area contributed by atoms with Gasteiger partial charge in [0.25, 0.3) is 0 Å². The fourth-order valence-electron chi connectivity index (χ4n) is 17.0. The number of carbonyl (C=O) groups is 3. The Morgan fingerprint density at radius 3 is 1.20 bits per heavy atom. The van der Waals surface area contributed by atoms with Crippen LogP contribution in [0.4, 0.5) is 0 Å². The molecule has 0 bridgehead atoms. The van der Waals surface area contributed by atoms with Crippen LogP contribution in [-0.2, 0) is 76.0 Å². The second-order valence-corrected chi connectivity index (χ2v) is 31.5. The molecule has 11 rings (SSSR count). The summed E-state index contributed by atoms with van der Waals surface area (Å²) < 4.78 is 82.0. The van der Waals surface area contributed by atoms with Crippen molar-refractivity contribution in [3.8, 4) is 0 Å². The maximum atomic E-state index is 13.6. The van der Waals surface area contributed by atoms with Crippen LogP contribution in [0.2, 0.25) is 0 Å². The monoisotopic (exact) mass is 1600 g/mol. The smallest absolute Gasteiger partial charge is 0.330 e. The van der Waals surface area contributed by atoms with Crippen LogP contribution >= 0.6 is 0 Å². The molecule has 0 spiro atoms. The zero-order valence-electron chi connectivity index (χ0n) is 60.9. The number of rotatable bonds is 25. The lowest BCUT2D eigenvalue weighted by molar-refractivity contribution is -0.389. The van der Waals surface area contributed by atoms with Gasteiger partial charge in [-0.25, -0.2) is 14.4 Å². The first kappa shape index (κ1) is 88.1. The van der Waals surface area contributed by atoms with E-state index in [2.05, 4.69) is 0 Å². The summed E-state index contributed by atoms with van der Waals surface area (Å²) in [5, 5.41) is 238. The van der Waals surface area contributed by atoms with Crippen molar-refractivity contribution in [1.29, 1.82) is 0 Å². The number of allylic oxidation sites excluding steroid dienone is 3. The summed E-state index contributed by atoms with van der Waals surface area (Å²) in [4.78, 5) is 39.6. The molecule has 39 nitrogen and oxygen atoms in total. The average molecular weight is 1600 g/mol. The lowest BCUT2D eigenvalue weighted by Gasteiger charge is -2.50. The molecular formula is C72H113O39+. The minimum atomic E-state index is -2.15. The zero-order chi connectivity index (χ0) is 80.0. The molecule has 6 heterocycles. The van der Waals surface area contributed by atoms with E-state index in [1.807, 2.05) is 0 Å². The number of carbonyl (C=O) groups excluding carboxylic acids is 3. The molecule has 6 aliphatic heterocycles. The van der Waals surface area contributed by atoms with Crippen molar-refractivity contribution >= 4 is 17.9 Å². The molecule has 23 N–H and O–H groups in total. The molecule has 0 aromatic heterocycles. The summed E-state index contributed by atoms with van der Waals surface area (Å²) in [5.74, 6) is -5.00. The SMILES string of the molecule is O=C(C=CC1CCC(O)C(O)C1)OCC1OC(OC2CCC(C=CC(=O)OCC3OC(OC4CC5C(OC6OC(CO)C(O)C(O)C6O)CC(O)CC5[OH+]C4C4CCC(O)CC4)C(OC4OC(COC(=O)C=CC5CCC(O)C(OC6OC(CO)C(O)C(O)C6O)C5)C(O)C(O)C4O)C(O)C3O)CC2O)C(O)C(O)C1O. The predicted octanol–water partition coefficient (Wildman–Crippen LogP) is -9.29. The molecule has 5 aliphatic carbocycles. The predicted molar refractivity (Wildman–Crippen MR) is 363 cm³/mol. The lowest BCUT2D eigenvalue weighted by Crippen LogP contribution is -2.66. The van der Waals surface area contributed by atoms with E-state index in [0.29, 0.717) is 44.9 Å². The average Bonchev–Trinajstić information content (AvgIpc) is 0.762. The Morgan fingerprint density at radius 1 is 0.324 bits per heavy atom. The molecule has 11 fully saturated rings. The molecule has 0 amide bonds. The topological polar surface area (TPSA) is 629 Å². The summed E-state index contributed by atoms with van der Waals surface area (Å²) in [6, 6.07) is 0. The summed E-state index contributed by atoms with van der Waals surface area (Å²) in [6.07, 6.45) is -44.6. The van der Waals surface area contributed by atoms with E-state index >= 15 is 0 Å². The van der Waals surface area contributed by atoms with Crippen LogP contribution in [0.3, 0.4) is 0 Å². The largest absolute Gasteiger partial charge is 0.460 e. The first-order valence-electron chi connectivity index (χ1n) is 38.5. The van der Waals surface area contributed by atoms with E-state index in [-0.39, 0.29) is 69.6 Å². The van der Waals surface area contributed by atoms with Crippen LogP contribution in [0.5, 0.6) is 0 Å². The second-order valence-electron chi connectivity index (χ2n) is 31.5. The molecule has 0 aromatic rings. The van der Waals surface area contributed by atoms with Gasteiger partial charge in [0.15, 0.2) is 43.7 Å². The van der Waals surface area contributed by atoms with Crippen LogP contribution in [0.25, 0.3) is 0 Å². The Kier molecular flexibility index (Phi) is 31.5. The van der Waals surface area contributed by atoms with Crippen LogP contribution in [0.15, 0.2) is 36.5 Å². The molecule has 0 radical (unpaired) electrons. The van der Waals surface area contributed by atoms with Gasteiger partial charge >= 0.3 is 17.9 Å². The van der Waals surface area contributed by atoms with Crippen molar-refractivity contribution in [3.63, 3.8) is 0 Å². The maximum Gasteiger partial charge on any atom is 0.330 e. The highest BCUT2D eigenvalue weighted by Crippen LogP contribution is 2.45. The normalized spacial score (nSPS) is 48.9. The highest BCUT2D eigenvalue weighted by Gasteiger charge is 2.59. The summed E-state index contributed by atoms with van der Waals surface area (Å²) in [5.41, 5.74) is 0. The first-order chi connectivity index (χ1) is 52.9. The first-order valence-corrected chi connectivity index (χ1v) is 38.5. The standard InChI is InChI=1S/C72H112O39/c73-23-44-52(84)57(89)62(94)69(106-44)103-41-21-33(76)20-40-34(41)22-43(66(101-40)31-7-9-32(75)10-8-31)105-72-67(111-71-65(97)60(92)55(87)47(109-71)26-99-51(83)16-6-30-2-12-36(78)42(19-30)104-70-63(95)58(90)53(85)45(24-74)107-70)61(93)56(88)48(110-72)27-100-50(82)15-5-29-3-13-39(38(80)18-29)102-68-64(96)59(91)54(86)46(108-68)25-98-49(81)14-4-28-1-11-35(77)37(79)17-28/h4-6,14-16,28-48,52-80,84-97H,1-3,7-13,17-27H2/p+1. The summed E-state index contributed by atoms with van der Waals surface area (Å²) in [7, 11) is 0. The second kappa shape index (κ2) is 39.7. The molecule has 634 valence electrons. The van der Waals surface area contributed by atoms with Gasteiger partial charge in [-0.05, 0) is 108 Å². The minimum absolute atomic E-state index is 0.00991. The lowest BCUT2D eigenvalue weighted by atomic mass is 9.73. The third-order valence-corrected chi connectivity index (χ3v) is 23.8. The van der Waals surface area contributed by atoms with E-state index in [1.165, 1.54) is 18.2 Å². The minimum Gasteiger partial charge on any atom is -0.460 e. The molecule has 40 atom stereocenters. The van der Waals surface area contributed by atoms with Crippen LogP contribution < -0.4 is 0 Å². The van der Waals surface area contributed by atoms with Crippen molar-refractivity contribution in [2.75, 3.05) is 33.0 Å². The molecule has 39 heteroatoms. The van der Waals surface area contributed by atoms with Crippen molar-refractivity contribution in [2.24, 2.45) is 29.6 Å². The van der Waals surface area contributed by atoms with Gasteiger partial charge in [-0.2, -0.15) is 0 Å². The number of aliphatic hydroxyl groups excluding tert-OH is 22. The molecule has 40 unspecified atom stereocenters.